The van der Waals surface area contributed by atoms with E-state index in [9.17, 15) is 0 Å². The minimum Gasteiger partial charge on any atom is -0.460 e. The zero-order valence-electron chi connectivity index (χ0n) is 13.9. The lowest BCUT2D eigenvalue weighted by atomic mass is 9.98. The van der Waals surface area contributed by atoms with Crippen LogP contribution in [0.2, 0.25) is 0 Å². The van der Waals surface area contributed by atoms with Crippen LogP contribution < -0.4 is 0 Å². The van der Waals surface area contributed by atoms with Gasteiger partial charge in [0.1, 0.15) is 11.3 Å². The van der Waals surface area contributed by atoms with Crippen LogP contribution in [0.4, 0.5) is 0 Å². The average Bonchev–Trinajstić information content (AvgIpc) is 3.06. The predicted octanol–water partition coefficient (Wildman–Crippen LogP) is 6.73. The zero-order chi connectivity index (χ0) is 16.6. The van der Waals surface area contributed by atoms with Crippen LogP contribution in [0.3, 0.4) is 0 Å². The van der Waals surface area contributed by atoms with Crippen molar-refractivity contribution in [3.63, 3.8) is 0 Å². The molecule has 0 saturated heterocycles. The largest absolute Gasteiger partial charge is 0.460 e. The number of aryl methyl sites for hydroxylation is 1. The van der Waals surface area contributed by atoms with Crippen LogP contribution in [0.5, 0.6) is 0 Å². The molecule has 25 heavy (non-hydrogen) atoms. The molecule has 0 unspecified atom stereocenters. The minimum atomic E-state index is 0.987. The van der Waals surface area contributed by atoms with Crippen LogP contribution in [0, 0.1) is 0 Å². The summed E-state index contributed by atoms with van der Waals surface area (Å²) < 4.78 is 6.09. The second-order valence-corrected chi connectivity index (χ2v) is 6.53. The van der Waals surface area contributed by atoms with E-state index in [0.29, 0.717) is 0 Å². The molecule has 0 saturated carbocycles. The van der Waals surface area contributed by atoms with E-state index in [4.69, 9.17) is 4.42 Å². The fourth-order valence-electron chi connectivity index (χ4n) is 3.62. The van der Waals surface area contributed by atoms with Gasteiger partial charge in [-0.25, -0.2) is 0 Å². The van der Waals surface area contributed by atoms with Crippen molar-refractivity contribution < 1.29 is 4.42 Å². The molecule has 1 aliphatic rings. The fraction of sp³-hybridized carbons (Fsp3) is 0.0833. The van der Waals surface area contributed by atoms with Crippen LogP contribution in [0.1, 0.15) is 17.7 Å². The summed E-state index contributed by atoms with van der Waals surface area (Å²) in [4.78, 5) is 0. The van der Waals surface area contributed by atoms with Crippen LogP contribution in [0.15, 0.2) is 83.3 Å². The van der Waals surface area contributed by atoms with Crippen molar-refractivity contribution in [3.05, 3.63) is 90.2 Å². The third-order valence-corrected chi connectivity index (χ3v) is 4.95. The summed E-state index contributed by atoms with van der Waals surface area (Å²) in [5.74, 6) is 1.12. The van der Waals surface area contributed by atoms with Crippen LogP contribution >= 0.6 is 0 Å². The van der Waals surface area contributed by atoms with Crippen LogP contribution in [-0.2, 0) is 6.42 Å². The lowest BCUT2D eigenvalue weighted by Crippen LogP contribution is -1.88. The van der Waals surface area contributed by atoms with Crippen molar-refractivity contribution >= 4 is 17.0 Å². The maximum Gasteiger partial charge on any atom is 0.135 e. The van der Waals surface area contributed by atoms with Gasteiger partial charge in [0.25, 0.3) is 0 Å². The van der Waals surface area contributed by atoms with Gasteiger partial charge in [0.2, 0.25) is 0 Å². The molecule has 0 N–H and O–H groups in total. The third-order valence-electron chi connectivity index (χ3n) is 4.95. The quantitative estimate of drug-likeness (QED) is 0.399. The van der Waals surface area contributed by atoms with E-state index in [1.165, 1.54) is 33.2 Å². The molecule has 4 aromatic rings. The lowest BCUT2D eigenvalue weighted by Gasteiger charge is -2.05. The van der Waals surface area contributed by atoms with Crippen molar-refractivity contribution in [2.45, 2.75) is 12.8 Å². The molecule has 0 fully saturated rings. The number of allylic oxidation sites excluding steroid dienone is 1. The van der Waals surface area contributed by atoms with Crippen molar-refractivity contribution in [2.75, 3.05) is 0 Å². The van der Waals surface area contributed by atoms with Crippen molar-refractivity contribution in [1.29, 1.82) is 0 Å². The molecule has 120 valence electrons. The highest BCUT2D eigenvalue weighted by molar-refractivity contribution is 5.92. The summed E-state index contributed by atoms with van der Waals surface area (Å²) in [6.07, 6.45) is 6.49. The Morgan fingerprint density at radius 2 is 1.36 bits per heavy atom. The molecular weight excluding hydrogens is 304 g/mol. The van der Waals surface area contributed by atoms with Gasteiger partial charge in [0.05, 0.1) is 0 Å². The van der Waals surface area contributed by atoms with Crippen LogP contribution in [-0.4, -0.2) is 0 Å². The Morgan fingerprint density at radius 1 is 0.680 bits per heavy atom. The first-order chi connectivity index (χ1) is 12.4. The van der Waals surface area contributed by atoms with Gasteiger partial charge in [-0.1, -0.05) is 72.8 Å². The molecule has 0 radical (unpaired) electrons. The molecule has 1 nitrogen and oxygen atoms in total. The standard InChI is InChI=1S/C24H18O/c1-2-6-17(7-3-1)18-10-12-19(13-11-18)20-14-15-22-21-8-4-5-9-23(21)25-24(22)16-20/h1-4,6-8,10-16H,5,9H2. The highest BCUT2D eigenvalue weighted by Gasteiger charge is 2.14. The van der Waals surface area contributed by atoms with Gasteiger partial charge in [-0.3, -0.25) is 0 Å². The van der Waals surface area contributed by atoms with E-state index in [0.717, 1.165) is 24.2 Å². The summed E-state index contributed by atoms with van der Waals surface area (Å²) in [5.41, 5.74) is 7.14. The van der Waals surface area contributed by atoms with Gasteiger partial charge in [-0.15, -0.1) is 0 Å². The molecule has 0 amide bonds. The van der Waals surface area contributed by atoms with E-state index in [-0.39, 0.29) is 0 Å². The van der Waals surface area contributed by atoms with Gasteiger partial charge in [-0.2, -0.15) is 0 Å². The van der Waals surface area contributed by atoms with E-state index >= 15 is 0 Å². The average molecular weight is 322 g/mol. The van der Waals surface area contributed by atoms with Gasteiger partial charge >= 0.3 is 0 Å². The molecular formula is C24H18O. The Hall–Kier alpha value is -3.06. The molecule has 1 aromatic heterocycles. The number of benzene rings is 3. The summed E-state index contributed by atoms with van der Waals surface area (Å²) in [6.45, 7) is 0. The number of rotatable bonds is 2. The Kier molecular flexibility index (Phi) is 3.31. The van der Waals surface area contributed by atoms with Crippen molar-refractivity contribution in [2.24, 2.45) is 0 Å². The molecule has 0 bridgehead atoms. The summed E-state index contributed by atoms with van der Waals surface area (Å²) in [7, 11) is 0. The Balaban J connectivity index is 1.54. The van der Waals surface area contributed by atoms with Gasteiger partial charge in [0, 0.05) is 17.4 Å². The highest BCUT2D eigenvalue weighted by atomic mass is 16.3. The van der Waals surface area contributed by atoms with E-state index < -0.39 is 0 Å². The topological polar surface area (TPSA) is 13.1 Å². The summed E-state index contributed by atoms with van der Waals surface area (Å²) >= 11 is 0. The van der Waals surface area contributed by atoms with Crippen molar-refractivity contribution in [3.8, 4) is 22.3 Å². The SMILES string of the molecule is C1=Cc2c(oc3cc(-c4ccc(-c5ccccc5)cc4)ccc23)CC1. The smallest absolute Gasteiger partial charge is 0.135 e. The maximum absolute atomic E-state index is 6.09. The summed E-state index contributed by atoms with van der Waals surface area (Å²) in [5, 5.41) is 1.22. The van der Waals surface area contributed by atoms with E-state index in [2.05, 4.69) is 78.9 Å². The summed E-state index contributed by atoms with van der Waals surface area (Å²) in [6, 6.07) is 25.8. The number of hydrogen-bond donors (Lipinski definition) is 0. The fourth-order valence-corrected chi connectivity index (χ4v) is 3.62. The molecule has 1 aliphatic carbocycles. The molecule has 0 spiro atoms. The number of fused-ring (bicyclic) bond motifs is 3. The minimum absolute atomic E-state index is 0.987. The highest BCUT2D eigenvalue weighted by Crippen LogP contribution is 2.34. The van der Waals surface area contributed by atoms with Gasteiger partial charge < -0.3 is 4.42 Å². The molecule has 1 heteroatoms. The normalized spacial score (nSPS) is 13.1. The Bertz CT molecular complexity index is 1070. The molecule has 1 heterocycles. The monoisotopic (exact) mass is 322 g/mol. The number of furan rings is 1. The molecule has 0 aliphatic heterocycles. The lowest BCUT2D eigenvalue weighted by molar-refractivity contribution is 0.546. The van der Waals surface area contributed by atoms with Crippen LogP contribution in [0.25, 0.3) is 39.3 Å². The van der Waals surface area contributed by atoms with E-state index in [1.807, 2.05) is 6.07 Å². The van der Waals surface area contributed by atoms with Gasteiger partial charge in [0.15, 0.2) is 0 Å². The second-order valence-electron chi connectivity index (χ2n) is 6.53. The Morgan fingerprint density at radius 3 is 2.16 bits per heavy atom. The zero-order valence-corrected chi connectivity index (χ0v) is 13.9. The molecule has 0 atom stereocenters. The predicted molar refractivity (Wildman–Crippen MR) is 104 cm³/mol. The van der Waals surface area contributed by atoms with E-state index in [1.54, 1.807) is 0 Å². The van der Waals surface area contributed by atoms with Gasteiger partial charge in [-0.05, 0) is 40.8 Å². The maximum atomic E-state index is 6.09. The number of hydrogen-bond acceptors (Lipinski definition) is 1. The first-order valence-corrected chi connectivity index (χ1v) is 8.76. The first-order valence-electron chi connectivity index (χ1n) is 8.76. The first kappa shape index (κ1) is 14.3. The second kappa shape index (κ2) is 5.78. The molecule has 3 aromatic carbocycles. The molecule has 5 rings (SSSR count). The Labute approximate surface area is 147 Å². The third kappa shape index (κ3) is 2.49. The van der Waals surface area contributed by atoms with Crippen molar-refractivity contribution in [1.82, 2.24) is 0 Å².